The van der Waals surface area contributed by atoms with E-state index in [1.54, 1.807) is 24.4 Å². The Morgan fingerprint density at radius 3 is 2.34 bits per heavy atom. The molecule has 4 aromatic rings. The van der Waals surface area contributed by atoms with Crippen LogP contribution in [0.1, 0.15) is 24.0 Å². The molecule has 0 saturated carbocycles. The highest BCUT2D eigenvalue weighted by Gasteiger charge is 2.17. The van der Waals surface area contributed by atoms with E-state index < -0.39 is 0 Å². The Labute approximate surface area is 236 Å². The number of hydrazone groups is 1. The fourth-order valence-corrected chi connectivity index (χ4v) is 5.35. The molecule has 1 aliphatic heterocycles. The summed E-state index contributed by atoms with van der Waals surface area (Å²) in [7, 11) is 0. The van der Waals surface area contributed by atoms with Crippen molar-refractivity contribution in [3.05, 3.63) is 92.6 Å². The smallest absolute Gasteiger partial charge is 0.250 e. The van der Waals surface area contributed by atoms with Crippen molar-refractivity contribution in [2.45, 2.75) is 19.4 Å². The normalized spacial score (nSPS) is 13.2. The Morgan fingerprint density at radius 1 is 0.921 bits per heavy atom. The topological polar surface area (TPSA) is 87.6 Å². The second-order valence-corrected chi connectivity index (χ2v) is 10.2. The number of ether oxygens (including phenoxy) is 1. The molecule has 3 aromatic carbocycles. The van der Waals surface area contributed by atoms with Crippen LogP contribution in [0.2, 0.25) is 0 Å². The molecule has 38 heavy (non-hydrogen) atoms. The Morgan fingerprint density at radius 2 is 1.61 bits per heavy atom. The molecule has 11 heteroatoms. The number of nitrogens with one attached hydrogen (secondary N) is 2. The molecule has 2 heterocycles. The summed E-state index contributed by atoms with van der Waals surface area (Å²) in [6, 6.07) is 20.0. The lowest BCUT2D eigenvalue weighted by Crippen LogP contribution is -2.21. The maximum atomic E-state index is 13.9. The molecular formula is C27H24Br2FN7O. The Bertz CT molecular complexity index is 1410. The van der Waals surface area contributed by atoms with Crippen LogP contribution in [0, 0.1) is 5.82 Å². The van der Waals surface area contributed by atoms with Gasteiger partial charge in [0.1, 0.15) is 18.2 Å². The number of para-hydroxylation sites is 1. The molecule has 0 spiro atoms. The highest BCUT2D eigenvalue weighted by molar-refractivity contribution is 9.11. The van der Waals surface area contributed by atoms with E-state index in [1.807, 2.05) is 42.5 Å². The molecule has 0 radical (unpaired) electrons. The summed E-state index contributed by atoms with van der Waals surface area (Å²) < 4.78 is 21.2. The fourth-order valence-electron chi connectivity index (χ4n) is 3.90. The minimum Gasteiger partial charge on any atom is -0.486 e. The van der Waals surface area contributed by atoms with E-state index in [0.29, 0.717) is 38.1 Å². The zero-order valence-electron chi connectivity index (χ0n) is 20.2. The quantitative estimate of drug-likeness (QED) is 0.152. The summed E-state index contributed by atoms with van der Waals surface area (Å²) in [4.78, 5) is 15.8. The average molecular weight is 641 g/mol. The zero-order chi connectivity index (χ0) is 26.3. The van der Waals surface area contributed by atoms with Crippen molar-refractivity contribution in [2.24, 2.45) is 5.10 Å². The highest BCUT2D eigenvalue weighted by Crippen LogP contribution is 2.35. The van der Waals surface area contributed by atoms with E-state index in [9.17, 15) is 4.39 Å². The van der Waals surface area contributed by atoms with Crippen molar-refractivity contribution in [2.75, 3.05) is 28.7 Å². The molecule has 5 rings (SSSR count). The van der Waals surface area contributed by atoms with Crippen molar-refractivity contribution in [3.8, 4) is 5.75 Å². The number of hydrogen-bond donors (Lipinski definition) is 2. The van der Waals surface area contributed by atoms with E-state index in [4.69, 9.17) is 4.74 Å². The number of halogens is 3. The van der Waals surface area contributed by atoms with Gasteiger partial charge >= 0.3 is 0 Å². The van der Waals surface area contributed by atoms with Gasteiger partial charge in [-0.1, -0.05) is 36.4 Å². The van der Waals surface area contributed by atoms with Gasteiger partial charge in [0.25, 0.3) is 0 Å². The second kappa shape index (κ2) is 12.3. The van der Waals surface area contributed by atoms with E-state index in [1.165, 1.54) is 6.07 Å². The summed E-state index contributed by atoms with van der Waals surface area (Å²) in [6.07, 6.45) is 3.87. The van der Waals surface area contributed by atoms with Crippen molar-refractivity contribution in [1.82, 2.24) is 15.0 Å². The number of benzene rings is 3. The molecule has 1 fully saturated rings. The molecule has 0 bridgehead atoms. The summed E-state index contributed by atoms with van der Waals surface area (Å²) in [5.41, 5.74) is 5.09. The minimum absolute atomic E-state index is 0.108. The van der Waals surface area contributed by atoms with Crippen molar-refractivity contribution in [1.29, 1.82) is 0 Å². The maximum Gasteiger partial charge on any atom is 0.250 e. The van der Waals surface area contributed by atoms with E-state index in [0.717, 1.165) is 37.2 Å². The third kappa shape index (κ3) is 6.65. The fraction of sp³-hybridized carbons (Fsp3) is 0.185. The van der Waals surface area contributed by atoms with Crippen molar-refractivity contribution in [3.63, 3.8) is 0 Å². The van der Waals surface area contributed by atoms with Crippen LogP contribution in [-0.2, 0) is 6.61 Å². The first-order valence-electron chi connectivity index (χ1n) is 12.0. The molecule has 1 aromatic heterocycles. The van der Waals surface area contributed by atoms with Crippen LogP contribution in [0.5, 0.6) is 5.75 Å². The zero-order valence-corrected chi connectivity index (χ0v) is 23.4. The SMILES string of the molecule is Fc1ccccc1COc1c(Br)cc(/C=N/Nc2nc(Nc3ccccc3)nc(N3CCCC3)n2)cc1Br. The van der Waals surface area contributed by atoms with Gasteiger partial charge in [-0.2, -0.15) is 20.1 Å². The number of anilines is 4. The second-order valence-electron chi connectivity index (χ2n) is 8.53. The Kier molecular flexibility index (Phi) is 8.44. The van der Waals surface area contributed by atoms with Crippen molar-refractivity contribution >= 4 is 61.6 Å². The van der Waals surface area contributed by atoms with Gasteiger partial charge in [-0.15, -0.1) is 0 Å². The molecule has 0 unspecified atom stereocenters. The molecule has 1 aliphatic rings. The van der Waals surface area contributed by atoms with Gasteiger partial charge in [-0.25, -0.2) is 9.82 Å². The van der Waals surface area contributed by atoms with Crippen LogP contribution in [0.4, 0.5) is 27.9 Å². The van der Waals surface area contributed by atoms with Gasteiger partial charge in [0.15, 0.2) is 0 Å². The lowest BCUT2D eigenvalue weighted by atomic mass is 10.2. The first-order chi connectivity index (χ1) is 18.5. The van der Waals surface area contributed by atoms with Crippen LogP contribution in [0.3, 0.4) is 0 Å². The van der Waals surface area contributed by atoms with E-state index in [-0.39, 0.29) is 12.4 Å². The van der Waals surface area contributed by atoms with Crippen LogP contribution in [-0.4, -0.2) is 34.3 Å². The molecule has 2 N–H and O–H groups in total. The molecule has 0 aliphatic carbocycles. The van der Waals surface area contributed by atoms with Gasteiger partial charge < -0.3 is 15.0 Å². The standard InChI is InChI=1S/C27H24Br2FN7O/c28-21-14-18(15-22(29)24(21)38-17-19-8-4-5-11-23(19)30)16-31-36-26-33-25(32-20-9-2-1-3-10-20)34-27(35-26)37-12-6-7-13-37/h1-5,8-11,14-16H,6-7,12-13,17H2,(H2,32,33,34,35,36)/b31-16+. The van der Waals surface area contributed by atoms with E-state index in [2.05, 4.69) is 67.6 Å². The number of aromatic nitrogens is 3. The molecule has 1 saturated heterocycles. The molecule has 194 valence electrons. The lowest BCUT2D eigenvalue weighted by Gasteiger charge is -2.16. The summed E-state index contributed by atoms with van der Waals surface area (Å²) in [6.45, 7) is 1.92. The largest absolute Gasteiger partial charge is 0.486 e. The van der Waals surface area contributed by atoms with Crippen LogP contribution >= 0.6 is 31.9 Å². The Balaban J connectivity index is 1.30. The first-order valence-corrected chi connectivity index (χ1v) is 13.6. The van der Waals surface area contributed by atoms with Gasteiger partial charge in [0.2, 0.25) is 17.8 Å². The maximum absolute atomic E-state index is 13.9. The predicted molar refractivity (Wildman–Crippen MR) is 155 cm³/mol. The van der Waals surface area contributed by atoms with Crippen LogP contribution in [0.15, 0.2) is 80.8 Å². The van der Waals surface area contributed by atoms with Gasteiger partial charge in [0.05, 0.1) is 15.2 Å². The van der Waals surface area contributed by atoms with Crippen LogP contribution in [0.25, 0.3) is 0 Å². The minimum atomic E-state index is -0.303. The summed E-state index contributed by atoms with van der Waals surface area (Å²) >= 11 is 7.08. The summed E-state index contributed by atoms with van der Waals surface area (Å²) in [5.74, 6) is 1.65. The van der Waals surface area contributed by atoms with Crippen LogP contribution < -0.4 is 20.4 Å². The number of hydrogen-bond acceptors (Lipinski definition) is 8. The lowest BCUT2D eigenvalue weighted by molar-refractivity contribution is 0.296. The highest BCUT2D eigenvalue weighted by atomic mass is 79.9. The number of rotatable bonds is 9. The Hall–Kier alpha value is -3.57. The summed E-state index contributed by atoms with van der Waals surface area (Å²) in [5, 5.41) is 7.57. The average Bonchev–Trinajstić information content (AvgIpc) is 3.45. The van der Waals surface area contributed by atoms with Crippen molar-refractivity contribution < 1.29 is 9.13 Å². The molecular weight excluding hydrogens is 617 g/mol. The molecule has 0 amide bonds. The van der Waals surface area contributed by atoms with Gasteiger partial charge in [0, 0.05) is 24.3 Å². The first kappa shape index (κ1) is 26.1. The van der Waals surface area contributed by atoms with Gasteiger partial charge in [-0.05, 0) is 80.6 Å². The van der Waals surface area contributed by atoms with Gasteiger partial charge in [-0.3, -0.25) is 0 Å². The molecule has 8 nitrogen and oxygen atoms in total. The molecule has 0 atom stereocenters. The predicted octanol–water partition coefficient (Wildman–Crippen LogP) is 6.90. The third-order valence-corrected chi connectivity index (χ3v) is 6.95. The monoisotopic (exact) mass is 639 g/mol. The number of nitrogens with zero attached hydrogens (tertiary/aromatic N) is 5. The van der Waals surface area contributed by atoms with E-state index >= 15 is 0 Å². The third-order valence-electron chi connectivity index (χ3n) is 5.77.